The third-order valence-corrected chi connectivity index (χ3v) is 3.77. The number of benzene rings is 1. The molecule has 0 spiro atoms. The van der Waals surface area contributed by atoms with Crippen molar-refractivity contribution in [1.29, 1.82) is 0 Å². The van der Waals surface area contributed by atoms with Crippen molar-refractivity contribution in [1.82, 2.24) is 4.98 Å². The minimum atomic E-state index is -0.571. The van der Waals surface area contributed by atoms with E-state index < -0.39 is 6.04 Å². The van der Waals surface area contributed by atoms with E-state index in [1.54, 1.807) is 0 Å². The second-order valence-corrected chi connectivity index (χ2v) is 5.64. The maximum atomic E-state index is 10.6. The van der Waals surface area contributed by atoms with Crippen molar-refractivity contribution in [3.05, 3.63) is 33.9 Å². The van der Waals surface area contributed by atoms with Crippen LogP contribution in [0.2, 0.25) is 0 Å². The molecule has 2 aromatic rings. The zero-order chi connectivity index (χ0) is 13.3. The summed E-state index contributed by atoms with van der Waals surface area (Å²) in [6, 6.07) is 3.59. The van der Waals surface area contributed by atoms with Crippen LogP contribution >= 0.6 is 15.9 Å². The number of hydrogen-bond acceptors (Lipinski definition) is 2. The first kappa shape index (κ1) is 13.3. The molecule has 0 unspecified atom stereocenters. The van der Waals surface area contributed by atoms with Gasteiger partial charge in [0.1, 0.15) is 0 Å². The summed E-state index contributed by atoms with van der Waals surface area (Å²) in [6.45, 7) is 4.32. The first-order valence-corrected chi connectivity index (χ1v) is 6.75. The molecule has 1 aromatic carbocycles. The highest BCUT2D eigenvalue weighted by Gasteiger charge is 2.14. The minimum Gasteiger partial charge on any atom is -0.361 e. The number of H-pyrrole nitrogens is 1. The van der Waals surface area contributed by atoms with Gasteiger partial charge in [-0.2, -0.15) is 0 Å². The maximum absolute atomic E-state index is 10.6. The van der Waals surface area contributed by atoms with Crippen LogP contribution in [0.1, 0.15) is 30.9 Å². The number of fused-ring (bicyclic) bond motifs is 1. The lowest BCUT2D eigenvalue weighted by Gasteiger charge is -2.09. The average Bonchev–Trinajstić information content (AvgIpc) is 2.73. The summed E-state index contributed by atoms with van der Waals surface area (Å²) in [6.07, 6.45) is 4.26. The number of carbonyl (C=O) groups excluding carboxylic acids is 1. The number of halogens is 1. The van der Waals surface area contributed by atoms with Gasteiger partial charge in [0.15, 0.2) is 0 Å². The summed E-state index contributed by atoms with van der Waals surface area (Å²) in [5.41, 5.74) is 9.09. The maximum Gasteiger partial charge on any atom is 0.217 e. The molecule has 1 heterocycles. The number of rotatable bonds is 4. The van der Waals surface area contributed by atoms with Crippen LogP contribution in [-0.2, 0) is 11.2 Å². The summed E-state index contributed by atoms with van der Waals surface area (Å²) >= 11 is 3.56. The molecule has 1 aromatic heterocycles. The highest BCUT2D eigenvalue weighted by atomic mass is 79.9. The number of nitrogens with two attached hydrogens (primary N) is 1. The Morgan fingerprint density at radius 1 is 1.44 bits per heavy atom. The molecule has 0 aliphatic carbocycles. The fraction of sp³-hybridized carbons (Fsp3) is 0.357. The molecule has 0 amide bonds. The van der Waals surface area contributed by atoms with E-state index in [2.05, 4.69) is 40.8 Å². The molecule has 0 fully saturated rings. The largest absolute Gasteiger partial charge is 0.361 e. The molecular formula is C14H16BrN2O. The van der Waals surface area contributed by atoms with Crippen LogP contribution in [0.5, 0.6) is 0 Å². The molecule has 1 radical (unpaired) electrons. The monoisotopic (exact) mass is 307 g/mol. The van der Waals surface area contributed by atoms with Gasteiger partial charge in [-0.1, -0.05) is 35.8 Å². The summed E-state index contributed by atoms with van der Waals surface area (Å²) < 4.78 is 1.02. The van der Waals surface area contributed by atoms with E-state index in [-0.39, 0.29) is 0 Å². The fourth-order valence-electron chi connectivity index (χ4n) is 2.21. The third-order valence-electron chi connectivity index (χ3n) is 3.11. The van der Waals surface area contributed by atoms with Gasteiger partial charge < -0.3 is 10.7 Å². The van der Waals surface area contributed by atoms with Gasteiger partial charge in [0.2, 0.25) is 6.29 Å². The Balaban J connectivity index is 2.57. The fourth-order valence-corrected chi connectivity index (χ4v) is 2.80. The Hall–Kier alpha value is -1.13. The van der Waals surface area contributed by atoms with Crippen molar-refractivity contribution in [2.24, 2.45) is 5.73 Å². The van der Waals surface area contributed by atoms with Crippen LogP contribution in [0, 0.1) is 0 Å². The van der Waals surface area contributed by atoms with Gasteiger partial charge >= 0.3 is 0 Å². The van der Waals surface area contributed by atoms with Crippen molar-refractivity contribution in [3.63, 3.8) is 0 Å². The first-order chi connectivity index (χ1) is 8.54. The Morgan fingerprint density at radius 2 is 2.17 bits per heavy atom. The molecule has 0 saturated heterocycles. The summed E-state index contributed by atoms with van der Waals surface area (Å²) in [4.78, 5) is 13.8. The van der Waals surface area contributed by atoms with Crippen molar-refractivity contribution in [3.8, 4) is 0 Å². The second kappa shape index (κ2) is 5.24. The molecule has 0 aliphatic heterocycles. The van der Waals surface area contributed by atoms with Crippen LogP contribution in [-0.4, -0.2) is 17.3 Å². The van der Waals surface area contributed by atoms with Gasteiger partial charge in [0.05, 0.1) is 11.6 Å². The van der Waals surface area contributed by atoms with E-state index in [1.165, 1.54) is 5.56 Å². The standard InChI is InChI=1S/C14H16BrN2O/c1-8(2)11-3-4-12(15)13-9(5-10(16)7-18)6-17-14(11)13/h3-4,6,8,10,17H,5,16H2,1-2H3/t10-/m0/s1. The molecule has 0 saturated carbocycles. The number of nitrogens with one attached hydrogen (secondary N) is 1. The topological polar surface area (TPSA) is 58.9 Å². The van der Waals surface area contributed by atoms with E-state index >= 15 is 0 Å². The number of aromatic nitrogens is 1. The smallest absolute Gasteiger partial charge is 0.217 e. The Labute approximate surface area is 115 Å². The van der Waals surface area contributed by atoms with Crippen LogP contribution in [0.15, 0.2) is 22.8 Å². The van der Waals surface area contributed by atoms with Crippen molar-refractivity contribution in [2.45, 2.75) is 32.2 Å². The normalized spacial score (nSPS) is 13.2. The lowest BCUT2D eigenvalue weighted by atomic mass is 9.98. The molecular weight excluding hydrogens is 292 g/mol. The van der Waals surface area contributed by atoms with Gasteiger partial charge in [0.25, 0.3) is 0 Å². The van der Waals surface area contributed by atoms with Crippen LogP contribution < -0.4 is 5.73 Å². The van der Waals surface area contributed by atoms with Crippen LogP contribution in [0.3, 0.4) is 0 Å². The SMILES string of the molecule is CC(C)c1ccc(Br)c2c(C[C@H](N)[C]=O)c[nH]c12. The Kier molecular flexibility index (Phi) is 3.88. The predicted molar refractivity (Wildman–Crippen MR) is 77.5 cm³/mol. The van der Waals surface area contributed by atoms with E-state index in [9.17, 15) is 4.79 Å². The van der Waals surface area contributed by atoms with Crippen LogP contribution in [0.4, 0.5) is 0 Å². The van der Waals surface area contributed by atoms with E-state index in [1.807, 2.05) is 18.5 Å². The van der Waals surface area contributed by atoms with Gasteiger partial charge in [-0.05, 0) is 29.5 Å². The minimum absolute atomic E-state index is 0.443. The lowest BCUT2D eigenvalue weighted by molar-refractivity contribution is 0.541. The van der Waals surface area contributed by atoms with E-state index in [0.29, 0.717) is 12.3 Å². The van der Waals surface area contributed by atoms with Crippen molar-refractivity contribution < 1.29 is 4.79 Å². The van der Waals surface area contributed by atoms with E-state index in [0.717, 1.165) is 20.9 Å². The van der Waals surface area contributed by atoms with Gasteiger partial charge in [-0.25, -0.2) is 0 Å². The summed E-state index contributed by atoms with van der Waals surface area (Å²) in [7, 11) is 0. The highest BCUT2D eigenvalue weighted by molar-refractivity contribution is 9.10. The quantitative estimate of drug-likeness (QED) is 0.912. The molecule has 18 heavy (non-hydrogen) atoms. The van der Waals surface area contributed by atoms with E-state index in [4.69, 9.17) is 5.73 Å². The highest BCUT2D eigenvalue weighted by Crippen LogP contribution is 2.33. The molecule has 0 aliphatic rings. The first-order valence-electron chi connectivity index (χ1n) is 5.96. The van der Waals surface area contributed by atoms with Gasteiger partial charge in [0, 0.05) is 16.1 Å². The molecule has 1 atom stereocenters. The molecule has 3 nitrogen and oxygen atoms in total. The molecule has 2 rings (SSSR count). The molecule has 95 valence electrons. The van der Waals surface area contributed by atoms with Gasteiger partial charge in [-0.15, -0.1) is 0 Å². The van der Waals surface area contributed by atoms with Crippen molar-refractivity contribution >= 4 is 33.1 Å². The third kappa shape index (κ3) is 2.35. The Bertz CT molecular complexity index is 574. The zero-order valence-corrected chi connectivity index (χ0v) is 12.0. The van der Waals surface area contributed by atoms with Gasteiger partial charge in [-0.3, -0.25) is 4.79 Å². The predicted octanol–water partition coefficient (Wildman–Crippen LogP) is 3.03. The summed E-state index contributed by atoms with van der Waals surface area (Å²) in [5.74, 6) is 0.443. The molecule has 0 bridgehead atoms. The number of hydrogen-bond donors (Lipinski definition) is 2. The summed E-state index contributed by atoms with van der Waals surface area (Å²) in [5, 5.41) is 1.12. The average molecular weight is 308 g/mol. The molecule has 3 N–H and O–H groups in total. The number of aromatic amines is 1. The van der Waals surface area contributed by atoms with Crippen LogP contribution in [0.25, 0.3) is 10.9 Å². The Morgan fingerprint density at radius 3 is 2.78 bits per heavy atom. The molecule has 4 heteroatoms. The zero-order valence-electron chi connectivity index (χ0n) is 10.5. The van der Waals surface area contributed by atoms with Crippen molar-refractivity contribution in [2.75, 3.05) is 0 Å². The lowest BCUT2D eigenvalue weighted by Crippen LogP contribution is -2.23. The second-order valence-electron chi connectivity index (χ2n) is 4.78.